The van der Waals surface area contributed by atoms with Gasteiger partial charge in [0, 0.05) is 12.0 Å². The van der Waals surface area contributed by atoms with Gasteiger partial charge in [0.1, 0.15) is 11.6 Å². The summed E-state index contributed by atoms with van der Waals surface area (Å²) < 4.78 is 18.5. The second kappa shape index (κ2) is 5.43. The maximum absolute atomic E-state index is 13.3. The minimum atomic E-state index is -0.433. The number of carbonyl (C=O) groups is 1. The lowest BCUT2D eigenvalue weighted by atomic mass is 9.96. The van der Waals surface area contributed by atoms with Crippen LogP contribution in [0.1, 0.15) is 30.6 Å². The number of carbonyl (C=O) groups excluding carboxylic acids is 1. The number of Topliss-reactive ketones (excluding diaryl/α,β-unsaturated/α-hetero) is 1. The Morgan fingerprint density at radius 1 is 1.56 bits per heavy atom. The molecule has 0 aliphatic heterocycles. The van der Waals surface area contributed by atoms with E-state index in [0.717, 1.165) is 6.42 Å². The molecule has 1 rings (SSSR count). The predicted octanol–water partition coefficient (Wildman–Crippen LogP) is 3.83. The van der Waals surface area contributed by atoms with Gasteiger partial charge in [-0.25, -0.2) is 4.39 Å². The molecular weight excluding hydrogens is 275 g/mol. The molecular formula is C12H14BrFO2. The highest BCUT2D eigenvalue weighted by Crippen LogP contribution is 2.28. The number of hydrogen-bond donors (Lipinski definition) is 0. The van der Waals surface area contributed by atoms with E-state index in [2.05, 4.69) is 15.9 Å². The topological polar surface area (TPSA) is 26.3 Å². The lowest BCUT2D eigenvalue weighted by Crippen LogP contribution is -2.12. The van der Waals surface area contributed by atoms with Crippen LogP contribution in [-0.4, -0.2) is 12.9 Å². The second-order valence-electron chi connectivity index (χ2n) is 3.64. The van der Waals surface area contributed by atoms with E-state index in [-0.39, 0.29) is 21.9 Å². The van der Waals surface area contributed by atoms with Crippen molar-refractivity contribution in [2.24, 2.45) is 5.92 Å². The Balaban J connectivity index is 3.21. The van der Waals surface area contributed by atoms with Gasteiger partial charge in [-0.05, 0) is 28.4 Å². The summed E-state index contributed by atoms with van der Waals surface area (Å²) in [6, 6.07) is 2.70. The van der Waals surface area contributed by atoms with Gasteiger partial charge in [0.15, 0.2) is 5.78 Å². The Morgan fingerprint density at radius 3 is 2.69 bits per heavy atom. The molecule has 4 heteroatoms. The van der Waals surface area contributed by atoms with Crippen molar-refractivity contribution < 1.29 is 13.9 Å². The van der Waals surface area contributed by atoms with Crippen LogP contribution in [0.15, 0.2) is 16.6 Å². The van der Waals surface area contributed by atoms with Crippen LogP contribution < -0.4 is 4.74 Å². The molecule has 0 bridgehead atoms. The van der Waals surface area contributed by atoms with Crippen molar-refractivity contribution in [3.05, 3.63) is 28.0 Å². The third-order valence-electron chi connectivity index (χ3n) is 2.57. The van der Waals surface area contributed by atoms with Gasteiger partial charge in [-0.1, -0.05) is 13.8 Å². The van der Waals surface area contributed by atoms with Gasteiger partial charge in [-0.3, -0.25) is 4.79 Å². The third kappa shape index (κ3) is 2.61. The third-order valence-corrected chi connectivity index (χ3v) is 3.18. The number of rotatable bonds is 4. The average Bonchev–Trinajstić information content (AvgIpc) is 2.30. The van der Waals surface area contributed by atoms with Gasteiger partial charge >= 0.3 is 0 Å². The fourth-order valence-corrected chi connectivity index (χ4v) is 1.68. The summed E-state index contributed by atoms with van der Waals surface area (Å²) in [5, 5.41) is 0. The molecule has 0 amide bonds. The number of hydrogen-bond acceptors (Lipinski definition) is 2. The molecule has 0 radical (unpaired) electrons. The largest absolute Gasteiger partial charge is 0.496 e. The molecule has 16 heavy (non-hydrogen) atoms. The lowest BCUT2D eigenvalue weighted by molar-refractivity contribution is 0.0924. The summed E-state index contributed by atoms with van der Waals surface area (Å²) in [5.74, 6) is -0.269. The molecule has 0 heterocycles. The Kier molecular flexibility index (Phi) is 4.47. The summed E-state index contributed by atoms with van der Waals surface area (Å²) in [6.45, 7) is 3.78. The zero-order valence-electron chi connectivity index (χ0n) is 9.51. The van der Waals surface area contributed by atoms with Crippen LogP contribution in [0.4, 0.5) is 4.39 Å². The summed E-state index contributed by atoms with van der Waals surface area (Å²) in [6.07, 6.45) is 0.747. The van der Waals surface area contributed by atoms with Crippen LogP contribution in [0.25, 0.3) is 0 Å². The van der Waals surface area contributed by atoms with E-state index in [4.69, 9.17) is 4.74 Å². The highest BCUT2D eigenvalue weighted by molar-refractivity contribution is 9.10. The molecule has 0 N–H and O–H groups in total. The summed E-state index contributed by atoms with van der Waals surface area (Å²) in [7, 11) is 1.43. The van der Waals surface area contributed by atoms with Crippen LogP contribution in [0.5, 0.6) is 5.75 Å². The molecule has 1 unspecified atom stereocenters. The van der Waals surface area contributed by atoms with Gasteiger partial charge in [0.05, 0.1) is 17.1 Å². The van der Waals surface area contributed by atoms with E-state index >= 15 is 0 Å². The minimum absolute atomic E-state index is 0.0277. The Hall–Kier alpha value is -0.900. The molecule has 0 aromatic heterocycles. The van der Waals surface area contributed by atoms with Gasteiger partial charge in [-0.15, -0.1) is 0 Å². The zero-order valence-corrected chi connectivity index (χ0v) is 11.1. The van der Waals surface area contributed by atoms with Crippen molar-refractivity contribution >= 4 is 21.7 Å². The Labute approximate surface area is 103 Å². The van der Waals surface area contributed by atoms with Crippen molar-refractivity contribution in [1.82, 2.24) is 0 Å². The number of ether oxygens (including phenoxy) is 1. The van der Waals surface area contributed by atoms with E-state index in [0.29, 0.717) is 5.56 Å². The summed E-state index contributed by atoms with van der Waals surface area (Å²) in [4.78, 5) is 12.0. The van der Waals surface area contributed by atoms with E-state index in [1.54, 1.807) is 0 Å². The van der Waals surface area contributed by atoms with Crippen molar-refractivity contribution in [1.29, 1.82) is 0 Å². The quantitative estimate of drug-likeness (QED) is 0.787. The maximum Gasteiger partial charge on any atom is 0.169 e. The highest BCUT2D eigenvalue weighted by Gasteiger charge is 2.19. The predicted molar refractivity (Wildman–Crippen MR) is 64.4 cm³/mol. The molecule has 0 fully saturated rings. The molecule has 0 aliphatic rings. The Morgan fingerprint density at radius 2 is 2.19 bits per heavy atom. The SMILES string of the molecule is CCC(C)C(=O)c1cc(Br)c(F)cc1OC. The van der Waals surface area contributed by atoms with Gasteiger partial charge in [0.2, 0.25) is 0 Å². The van der Waals surface area contributed by atoms with Crippen molar-refractivity contribution in [2.45, 2.75) is 20.3 Å². The van der Waals surface area contributed by atoms with Gasteiger partial charge in [-0.2, -0.15) is 0 Å². The molecule has 2 nitrogen and oxygen atoms in total. The first-order valence-electron chi connectivity index (χ1n) is 5.08. The molecule has 1 atom stereocenters. The fraction of sp³-hybridized carbons (Fsp3) is 0.417. The van der Waals surface area contributed by atoms with Crippen LogP contribution in [0.2, 0.25) is 0 Å². The van der Waals surface area contributed by atoms with E-state index < -0.39 is 5.82 Å². The van der Waals surface area contributed by atoms with Crippen molar-refractivity contribution in [3.8, 4) is 5.75 Å². The zero-order chi connectivity index (χ0) is 12.3. The first-order chi connectivity index (χ1) is 7.51. The first kappa shape index (κ1) is 13.2. The molecule has 1 aromatic carbocycles. The van der Waals surface area contributed by atoms with E-state index in [1.165, 1.54) is 19.2 Å². The molecule has 0 saturated heterocycles. The maximum atomic E-state index is 13.3. The lowest BCUT2D eigenvalue weighted by Gasteiger charge is -2.12. The molecule has 0 saturated carbocycles. The normalized spacial score (nSPS) is 12.3. The fourth-order valence-electron chi connectivity index (χ4n) is 1.34. The molecule has 0 aliphatic carbocycles. The van der Waals surface area contributed by atoms with Crippen LogP contribution in [0, 0.1) is 11.7 Å². The number of methoxy groups -OCH3 is 1. The van der Waals surface area contributed by atoms with Crippen molar-refractivity contribution in [2.75, 3.05) is 7.11 Å². The van der Waals surface area contributed by atoms with E-state index in [1.807, 2.05) is 13.8 Å². The first-order valence-corrected chi connectivity index (χ1v) is 5.87. The Bertz CT molecular complexity index is 404. The summed E-state index contributed by atoms with van der Waals surface area (Å²) >= 11 is 3.07. The van der Waals surface area contributed by atoms with E-state index in [9.17, 15) is 9.18 Å². The average molecular weight is 289 g/mol. The smallest absolute Gasteiger partial charge is 0.169 e. The summed E-state index contributed by atoms with van der Waals surface area (Å²) in [5.41, 5.74) is 0.421. The minimum Gasteiger partial charge on any atom is -0.496 e. The highest BCUT2D eigenvalue weighted by atomic mass is 79.9. The number of benzene rings is 1. The second-order valence-corrected chi connectivity index (χ2v) is 4.49. The van der Waals surface area contributed by atoms with Gasteiger partial charge < -0.3 is 4.74 Å². The van der Waals surface area contributed by atoms with Crippen LogP contribution in [0.3, 0.4) is 0 Å². The number of halogens is 2. The van der Waals surface area contributed by atoms with Crippen molar-refractivity contribution in [3.63, 3.8) is 0 Å². The van der Waals surface area contributed by atoms with Crippen LogP contribution >= 0.6 is 15.9 Å². The van der Waals surface area contributed by atoms with Crippen LogP contribution in [-0.2, 0) is 0 Å². The molecule has 1 aromatic rings. The number of ketones is 1. The van der Waals surface area contributed by atoms with Gasteiger partial charge in [0.25, 0.3) is 0 Å². The molecule has 88 valence electrons. The standard InChI is InChI=1S/C12H14BrFO2/c1-4-7(2)12(15)8-5-9(13)10(14)6-11(8)16-3/h5-7H,4H2,1-3H3. The molecule has 0 spiro atoms. The monoisotopic (exact) mass is 288 g/mol.